The number of likely N-dealkylation sites (N-methyl/N-ethyl adjacent to an activating group) is 1. The molecule has 0 bridgehead atoms. The molecule has 2 fully saturated rings. The molecule has 0 radical (unpaired) electrons. The highest BCUT2D eigenvalue weighted by Crippen LogP contribution is 2.28. The zero-order valence-electron chi connectivity index (χ0n) is 33.6. The number of rotatable bonds is 13. The number of amides is 5. The molecule has 0 spiro atoms. The van der Waals surface area contributed by atoms with Gasteiger partial charge in [-0.3, -0.25) is 24.0 Å². The predicted molar refractivity (Wildman–Crippen MR) is 208 cm³/mol. The molecule has 2 rings (SSSR count). The van der Waals surface area contributed by atoms with Crippen molar-refractivity contribution in [1.29, 1.82) is 0 Å². The van der Waals surface area contributed by atoms with Gasteiger partial charge in [-0.2, -0.15) is 0 Å². The van der Waals surface area contributed by atoms with Crippen LogP contribution in [0.4, 0.5) is 0 Å². The number of ether oxygens (including phenoxy) is 1. The van der Waals surface area contributed by atoms with Crippen molar-refractivity contribution in [2.24, 2.45) is 35.1 Å². The molecule has 0 unspecified atom stereocenters. The van der Waals surface area contributed by atoms with E-state index >= 15 is 0 Å². The van der Waals surface area contributed by atoms with Crippen molar-refractivity contribution in [3.63, 3.8) is 0 Å². The standard InChI is InChI=1S/C39H72N8O6/c1-9-10-11-15-18-33-27(6)39(52)47(8)32(19-24(2)3)37(50)46-34(29-16-13-12-14-17-29)38(51)44-30(21-41)36(49)45-31(22-42-35(48)25(4)20-40)28(7)43-26(5)23-53-33/h24-27,29-34,43H,7,9-23,40-41H2,1-6,8H3,(H,42,48)(H,44,51)(H,45,49)(H,46,50)/t25-,26-,27-,30+,31+,32+,33-,34+/m1/s1. The third-order valence-electron chi connectivity index (χ3n) is 10.7. The molecule has 1 saturated carbocycles. The number of carbonyl (C=O) groups excluding carboxylic acids is 5. The molecule has 0 aromatic carbocycles. The Bertz CT molecular complexity index is 1190. The van der Waals surface area contributed by atoms with Gasteiger partial charge in [0.1, 0.15) is 18.1 Å². The van der Waals surface area contributed by atoms with Gasteiger partial charge in [0.2, 0.25) is 29.5 Å². The van der Waals surface area contributed by atoms with Gasteiger partial charge in [-0.25, -0.2) is 0 Å². The number of carbonyl (C=O) groups is 5. The third kappa shape index (κ3) is 14.8. The molecule has 5 amide bonds. The van der Waals surface area contributed by atoms with Gasteiger partial charge in [-0.1, -0.05) is 86.1 Å². The summed E-state index contributed by atoms with van der Waals surface area (Å²) in [7, 11) is 1.66. The first kappa shape index (κ1) is 45.9. The molecule has 1 heterocycles. The molecule has 53 heavy (non-hydrogen) atoms. The SMILES string of the molecule is C=C1N[C@H](C)CO[C@H](CCCCCC)[C@@H](C)C(=O)N(C)[C@@H](CC(C)C)C(=O)N[C@@H](C2CCCCC2)C(=O)N[C@@H](CN)C(=O)N[C@H]1CNC(=O)[C@H](C)CN. The third-order valence-corrected chi connectivity index (χ3v) is 10.7. The molecule has 2 aliphatic rings. The lowest BCUT2D eigenvalue weighted by Crippen LogP contribution is -2.61. The maximum Gasteiger partial charge on any atom is 0.244 e. The number of nitrogens with one attached hydrogen (secondary N) is 5. The Kier molecular flexibility index (Phi) is 20.4. The highest BCUT2D eigenvalue weighted by atomic mass is 16.5. The normalized spacial score (nSPS) is 28.5. The fraction of sp³-hybridized carbons (Fsp3) is 0.821. The molecule has 14 heteroatoms. The molecule has 1 aliphatic heterocycles. The van der Waals surface area contributed by atoms with Gasteiger partial charge in [0.05, 0.1) is 24.7 Å². The molecule has 8 atom stereocenters. The molecular weight excluding hydrogens is 676 g/mol. The van der Waals surface area contributed by atoms with Crippen LogP contribution in [0.5, 0.6) is 0 Å². The number of nitrogens with zero attached hydrogens (tertiary/aromatic N) is 1. The minimum Gasteiger partial charge on any atom is -0.382 e. The Morgan fingerprint density at radius 3 is 2.19 bits per heavy atom. The van der Waals surface area contributed by atoms with Crippen LogP contribution in [0, 0.1) is 23.7 Å². The quantitative estimate of drug-likeness (QED) is 0.137. The lowest BCUT2D eigenvalue weighted by molar-refractivity contribution is -0.147. The van der Waals surface area contributed by atoms with Crippen LogP contribution in [0.15, 0.2) is 12.3 Å². The summed E-state index contributed by atoms with van der Waals surface area (Å²) in [6.45, 7) is 16.0. The van der Waals surface area contributed by atoms with E-state index in [0.717, 1.165) is 57.8 Å². The van der Waals surface area contributed by atoms with Crippen molar-refractivity contribution in [3.8, 4) is 0 Å². The minimum absolute atomic E-state index is 0.00941. The monoisotopic (exact) mass is 749 g/mol. The van der Waals surface area contributed by atoms with Gasteiger partial charge in [-0.15, -0.1) is 0 Å². The van der Waals surface area contributed by atoms with E-state index < -0.39 is 59.8 Å². The van der Waals surface area contributed by atoms with Crippen molar-refractivity contribution in [2.75, 3.05) is 33.3 Å². The molecule has 1 aliphatic carbocycles. The Balaban J connectivity index is 2.57. The van der Waals surface area contributed by atoms with Crippen LogP contribution in [0.3, 0.4) is 0 Å². The average molecular weight is 749 g/mol. The van der Waals surface area contributed by atoms with Gasteiger partial charge < -0.3 is 47.7 Å². The van der Waals surface area contributed by atoms with Crippen LogP contribution in [0.1, 0.15) is 112 Å². The van der Waals surface area contributed by atoms with Crippen LogP contribution in [-0.4, -0.2) is 104 Å². The van der Waals surface area contributed by atoms with Gasteiger partial charge in [0.15, 0.2) is 0 Å². The Morgan fingerprint density at radius 1 is 0.925 bits per heavy atom. The smallest absolute Gasteiger partial charge is 0.244 e. The van der Waals surface area contributed by atoms with Crippen molar-refractivity contribution in [1.82, 2.24) is 31.5 Å². The second-order valence-electron chi connectivity index (χ2n) is 15.8. The summed E-state index contributed by atoms with van der Waals surface area (Å²) in [5, 5.41) is 14.9. The molecule has 0 aromatic heterocycles. The maximum atomic E-state index is 14.2. The Hall–Kier alpha value is -3.23. The van der Waals surface area contributed by atoms with E-state index in [1.54, 1.807) is 14.0 Å². The van der Waals surface area contributed by atoms with Gasteiger partial charge in [0.25, 0.3) is 0 Å². The topological polar surface area (TPSA) is 210 Å². The second kappa shape index (κ2) is 23.5. The van der Waals surface area contributed by atoms with E-state index in [9.17, 15) is 24.0 Å². The summed E-state index contributed by atoms with van der Waals surface area (Å²) in [6.07, 6.45) is 9.07. The van der Waals surface area contributed by atoms with Gasteiger partial charge in [0, 0.05) is 44.3 Å². The molecule has 1 saturated heterocycles. The van der Waals surface area contributed by atoms with E-state index in [1.807, 2.05) is 27.7 Å². The largest absolute Gasteiger partial charge is 0.382 e. The Labute approximate surface area is 318 Å². The molecule has 9 N–H and O–H groups in total. The maximum absolute atomic E-state index is 14.2. The summed E-state index contributed by atoms with van der Waals surface area (Å²) in [4.78, 5) is 70.5. The van der Waals surface area contributed by atoms with Crippen molar-refractivity contribution < 1.29 is 28.7 Å². The van der Waals surface area contributed by atoms with E-state index in [0.29, 0.717) is 18.5 Å². The van der Waals surface area contributed by atoms with Crippen LogP contribution in [0.25, 0.3) is 0 Å². The van der Waals surface area contributed by atoms with E-state index in [2.05, 4.69) is 40.1 Å². The molecule has 304 valence electrons. The van der Waals surface area contributed by atoms with Crippen molar-refractivity contribution in [2.45, 2.75) is 148 Å². The van der Waals surface area contributed by atoms with Gasteiger partial charge >= 0.3 is 0 Å². The summed E-state index contributed by atoms with van der Waals surface area (Å²) < 4.78 is 6.47. The number of hydrogen-bond donors (Lipinski definition) is 7. The first-order chi connectivity index (χ1) is 25.1. The summed E-state index contributed by atoms with van der Waals surface area (Å²) >= 11 is 0. The predicted octanol–water partition coefficient (Wildman–Crippen LogP) is 2.06. The van der Waals surface area contributed by atoms with Crippen LogP contribution in [0.2, 0.25) is 0 Å². The average Bonchev–Trinajstić information content (AvgIpc) is 3.14. The molecule has 14 nitrogen and oxygen atoms in total. The Morgan fingerprint density at radius 2 is 1.58 bits per heavy atom. The van der Waals surface area contributed by atoms with Crippen molar-refractivity contribution in [3.05, 3.63) is 12.3 Å². The fourth-order valence-electron chi connectivity index (χ4n) is 7.12. The summed E-state index contributed by atoms with van der Waals surface area (Å²) in [6, 6.07) is -3.95. The van der Waals surface area contributed by atoms with Crippen LogP contribution in [-0.2, 0) is 28.7 Å². The lowest BCUT2D eigenvalue weighted by Gasteiger charge is -2.36. The van der Waals surface area contributed by atoms with E-state index in [4.69, 9.17) is 16.2 Å². The number of unbranched alkanes of at least 4 members (excludes halogenated alkanes) is 3. The highest BCUT2D eigenvalue weighted by Gasteiger charge is 2.39. The first-order valence-electron chi connectivity index (χ1n) is 20.1. The highest BCUT2D eigenvalue weighted by molar-refractivity contribution is 5.95. The zero-order valence-corrected chi connectivity index (χ0v) is 33.6. The van der Waals surface area contributed by atoms with Gasteiger partial charge in [-0.05, 0) is 44.4 Å². The number of nitrogens with two attached hydrogens (primary N) is 2. The fourth-order valence-corrected chi connectivity index (χ4v) is 7.12. The second-order valence-corrected chi connectivity index (χ2v) is 15.8. The lowest BCUT2D eigenvalue weighted by atomic mass is 9.83. The zero-order chi connectivity index (χ0) is 39.7. The van der Waals surface area contributed by atoms with Crippen molar-refractivity contribution >= 4 is 29.5 Å². The number of hydrogen-bond acceptors (Lipinski definition) is 9. The first-order valence-corrected chi connectivity index (χ1v) is 20.1. The van der Waals surface area contributed by atoms with E-state index in [-0.39, 0.29) is 55.9 Å². The van der Waals surface area contributed by atoms with Crippen LogP contribution >= 0.6 is 0 Å². The minimum atomic E-state index is -1.13. The summed E-state index contributed by atoms with van der Waals surface area (Å²) in [5.41, 5.74) is 12.2. The van der Waals surface area contributed by atoms with E-state index in [1.165, 1.54) is 4.90 Å². The molecular formula is C39H72N8O6. The van der Waals surface area contributed by atoms with Crippen LogP contribution < -0.4 is 38.1 Å². The molecule has 0 aromatic rings. The summed E-state index contributed by atoms with van der Waals surface area (Å²) in [5.74, 6) is -3.00.